The van der Waals surface area contributed by atoms with Gasteiger partial charge in [-0.2, -0.15) is 0 Å². The first-order valence-corrected chi connectivity index (χ1v) is 10.0. The van der Waals surface area contributed by atoms with Crippen LogP contribution >= 0.6 is 12.2 Å². The first-order valence-electron chi connectivity index (χ1n) is 9.62. The Labute approximate surface area is 189 Å². The molecular formula is C23H18N4O4S. The Morgan fingerprint density at radius 2 is 0.781 bits per heavy atom. The van der Waals surface area contributed by atoms with Crippen molar-refractivity contribution in [2.24, 2.45) is 0 Å². The monoisotopic (exact) mass is 446 g/mol. The summed E-state index contributed by atoms with van der Waals surface area (Å²) < 4.78 is 23.7. The van der Waals surface area contributed by atoms with Crippen molar-refractivity contribution in [1.82, 2.24) is 19.9 Å². The van der Waals surface area contributed by atoms with Crippen molar-refractivity contribution >= 4 is 17.1 Å². The van der Waals surface area contributed by atoms with E-state index in [1.165, 1.54) is 0 Å². The summed E-state index contributed by atoms with van der Waals surface area (Å²) in [6.07, 6.45) is 4.19. The summed E-state index contributed by atoms with van der Waals surface area (Å²) in [6, 6.07) is 21.0. The summed E-state index contributed by atoms with van der Waals surface area (Å²) in [5, 5.41) is 0. The number of ether oxygens (including phenoxy) is 4. The van der Waals surface area contributed by atoms with Gasteiger partial charge in [-0.25, -0.2) is 19.9 Å². The second-order valence-corrected chi connectivity index (χ2v) is 6.68. The Morgan fingerprint density at radius 3 is 1.00 bits per heavy atom. The number of nitrogens with zero attached hydrogens (tertiary/aromatic N) is 4. The minimum atomic E-state index is -1.10. The quantitative estimate of drug-likeness (QED) is 0.266. The molecule has 4 aromatic rings. The van der Waals surface area contributed by atoms with Gasteiger partial charge in [-0.05, 0) is 24.3 Å². The first-order chi connectivity index (χ1) is 15.8. The normalized spacial score (nSPS) is 10.6. The van der Waals surface area contributed by atoms with Crippen LogP contribution in [-0.2, 0) is 0 Å². The second-order valence-electron chi connectivity index (χ2n) is 6.21. The molecular weight excluding hydrogens is 428 g/mol. The smallest absolute Gasteiger partial charge is 0.284 e. The molecule has 9 heteroatoms. The van der Waals surface area contributed by atoms with Gasteiger partial charge in [-0.3, -0.25) is 0 Å². The molecule has 0 aliphatic rings. The SMILES string of the molecule is S=C(C(Oc1ccccn1)Oc1ccccn1)C(Oc1ccccn1)Oc1ccccn1. The highest BCUT2D eigenvalue weighted by atomic mass is 32.1. The van der Waals surface area contributed by atoms with Crippen LogP contribution in [-0.4, -0.2) is 37.4 Å². The van der Waals surface area contributed by atoms with Crippen molar-refractivity contribution in [2.75, 3.05) is 0 Å². The Balaban J connectivity index is 1.62. The van der Waals surface area contributed by atoms with Crippen LogP contribution in [0.15, 0.2) is 97.6 Å². The van der Waals surface area contributed by atoms with E-state index in [4.69, 9.17) is 31.2 Å². The van der Waals surface area contributed by atoms with Crippen molar-refractivity contribution in [3.63, 3.8) is 0 Å². The zero-order chi connectivity index (χ0) is 22.0. The summed E-state index contributed by atoms with van der Waals surface area (Å²) >= 11 is 5.68. The van der Waals surface area contributed by atoms with E-state index in [0.717, 1.165) is 0 Å². The van der Waals surface area contributed by atoms with Gasteiger partial charge in [-0.1, -0.05) is 36.5 Å². The minimum Gasteiger partial charge on any atom is -0.432 e. The van der Waals surface area contributed by atoms with Crippen LogP contribution in [0.3, 0.4) is 0 Å². The maximum atomic E-state index is 5.92. The van der Waals surface area contributed by atoms with E-state index in [0.29, 0.717) is 23.5 Å². The van der Waals surface area contributed by atoms with Crippen LogP contribution in [0.1, 0.15) is 0 Å². The van der Waals surface area contributed by atoms with Gasteiger partial charge in [0, 0.05) is 49.1 Å². The molecule has 160 valence electrons. The molecule has 32 heavy (non-hydrogen) atoms. The van der Waals surface area contributed by atoms with Crippen molar-refractivity contribution in [3.05, 3.63) is 97.6 Å². The summed E-state index contributed by atoms with van der Waals surface area (Å²) in [7, 11) is 0. The van der Waals surface area contributed by atoms with Crippen LogP contribution in [0.25, 0.3) is 0 Å². The molecule has 4 aromatic heterocycles. The highest BCUT2D eigenvalue weighted by molar-refractivity contribution is 7.80. The molecule has 0 unspecified atom stereocenters. The molecule has 0 aromatic carbocycles. The third kappa shape index (κ3) is 5.96. The third-order valence-electron chi connectivity index (χ3n) is 3.93. The Hall–Kier alpha value is -4.11. The Kier molecular flexibility index (Phi) is 7.12. The van der Waals surface area contributed by atoms with Crippen LogP contribution in [0.5, 0.6) is 23.5 Å². The minimum absolute atomic E-state index is 0.151. The number of thiocarbonyl (C=S) groups is 1. The van der Waals surface area contributed by atoms with Crippen molar-refractivity contribution in [2.45, 2.75) is 12.6 Å². The van der Waals surface area contributed by atoms with Crippen LogP contribution in [0.2, 0.25) is 0 Å². The average molecular weight is 446 g/mol. The van der Waals surface area contributed by atoms with Crippen molar-refractivity contribution in [3.8, 4) is 23.5 Å². The highest BCUT2D eigenvalue weighted by Crippen LogP contribution is 2.19. The van der Waals surface area contributed by atoms with Gasteiger partial charge in [0.05, 0.1) is 0 Å². The Bertz CT molecular complexity index is 934. The number of pyridine rings is 4. The highest BCUT2D eigenvalue weighted by Gasteiger charge is 2.31. The third-order valence-corrected chi connectivity index (χ3v) is 4.31. The summed E-state index contributed by atoms with van der Waals surface area (Å²) in [5.41, 5.74) is 0. The molecule has 0 amide bonds. The molecule has 0 aliphatic heterocycles. The lowest BCUT2D eigenvalue weighted by atomic mass is 10.3. The van der Waals surface area contributed by atoms with E-state index < -0.39 is 12.6 Å². The number of rotatable bonds is 10. The van der Waals surface area contributed by atoms with Gasteiger partial charge in [0.25, 0.3) is 12.6 Å². The van der Waals surface area contributed by atoms with Crippen molar-refractivity contribution < 1.29 is 18.9 Å². The molecule has 4 rings (SSSR count). The molecule has 0 saturated carbocycles. The second kappa shape index (κ2) is 10.8. The fourth-order valence-corrected chi connectivity index (χ4v) is 2.69. The molecule has 0 aliphatic carbocycles. The molecule has 0 saturated heterocycles. The lowest BCUT2D eigenvalue weighted by molar-refractivity contribution is 0.0143. The average Bonchev–Trinajstić information content (AvgIpc) is 2.85. The molecule has 0 fully saturated rings. The topological polar surface area (TPSA) is 88.5 Å². The first kappa shape index (κ1) is 21.1. The zero-order valence-electron chi connectivity index (χ0n) is 16.7. The summed E-state index contributed by atoms with van der Waals surface area (Å²) in [4.78, 5) is 16.9. The van der Waals surface area contributed by atoms with E-state index in [1.807, 2.05) is 0 Å². The van der Waals surface area contributed by atoms with Crippen LogP contribution < -0.4 is 18.9 Å². The van der Waals surface area contributed by atoms with E-state index in [2.05, 4.69) is 19.9 Å². The molecule has 4 heterocycles. The lowest BCUT2D eigenvalue weighted by Gasteiger charge is -2.25. The maximum Gasteiger partial charge on any atom is 0.284 e. The molecule has 0 atom stereocenters. The fraction of sp³-hybridized carbons (Fsp3) is 0.0870. The zero-order valence-corrected chi connectivity index (χ0v) is 17.5. The van der Waals surface area contributed by atoms with Gasteiger partial charge >= 0.3 is 0 Å². The van der Waals surface area contributed by atoms with E-state index >= 15 is 0 Å². The van der Waals surface area contributed by atoms with Crippen LogP contribution in [0, 0.1) is 0 Å². The van der Waals surface area contributed by atoms with Crippen LogP contribution in [0.4, 0.5) is 0 Å². The summed E-state index contributed by atoms with van der Waals surface area (Å²) in [6.45, 7) is 0. The molecule has 0 radical (unpaired) electrons. The Morgan fingerprint density at radius 1 is 0.500 bits per heavy atom. The predicted molar refractivity (Wildman–Crippen MR) is 120 cm³/mol. The van der Waals surface area contributed by atoms with Gasteiger partial charge in [0.2, 0.25) is 23.5 Å². The molecule has 0 N–H and O–H groups in total. The van der Waals surface area contributed by atoms with Gasteiger partial charge in [0.15, 0.2) is 4.86 Å². The maximum absolute atomic E-state index is 5.92. The van der Waals surface area contributed by atoms with Gasteiger partial charge < -0.3 is 18.9 Å². The fourth-order valence-electron chi connectivity index (χ4n) is 2.50. The van der Waals surface area contributed by atoms with E-state index in [1.54, 1.807) is 97.6 Å². The van der Waals surface area contributed by atoms with Crippen molar-refractivity contribution in [1.29, 1.82) is 0 Å². The number of aromatic nitrogens is 4. The van der Waals surface area contributed by atoms with Gasteiger partial charge in [0.1, 0.15) is 0 Å². The largest absolute Gasteiger partial charge is 0.432 e. The molecule has 8 nitrogen and oxygen atoms in total. The molecule has 0 bridgehead atoms. The lowest BCUT2D eigenvalue weighted by Crippen LogP contribution is -2.45. The predicted octanol–water partition coefficient (Wildman–Crippen LogP) is 3.90. The number of hydrogen-bond acceptors (Lipinski definition) is 9. The molecule has 0 spiro atoms. The summed E-state index contributed by atoms with van der Waals surface area (Å²) in [5.74, 6) is 1.24. The standard InChI is InChI=1S/C23H18N4O4S/c32-21(22(28-17-9-1-5-13-24-17)29-18-10-2-6-14-25-18)23(30-19-11-3-7-15-26-19)31-20-12-4-8-16-27-20/h1-16,22-23H. The van der Waals surface area contributed by atoms with Gasteiger partial charge in [-0.15, -0.1) is 0 Å². The van der Waals surface area contributed by atoms with E-state index in [-0.39, 0.29) is 4.86 Å². The number of hydrogen-bond donors (Lipinski definition) is 0. The van der Waals surface area contributed by atoms with E-state index in [9.17, 15) is 0 Å².